The van der Waals surface area contributed by atoms with Gasteiger partial charge in [-0.2, -0.15) is 9.97 Å². The highest BCUT2D eigenvalue weighted by Gasteiger charge is 2.45. The molecule has 2 aromatic carbocycles. The van der Waals surface area contributed by atoms with Gasteiger partial charge < -0.3 is 24.7 Å². The van der Waals surface area contributed by atoms with E-state index in [1.165, 1.54) is 12.1 Å². The number of nitrogens with zero attached hydrogens (tertiary/aromatic N) is 5. The van der Waals surface area contributed by atoms with Gasteiger partial charge in [0, 0.05) is 31.1 Å². The molecule has 2 N–H and O–H groups in total. The average Bonchev–Trinajstić information content (AvgIpc) is 3.62. The van der Waals surface area contributed by atoms with E-state index in [0.717, 1.165) is 58.0 Å². The van der Waals surface area contributed by atoms with Gasteiger partial charge in [0.1, 0.15) is 29.6 Å². The Morgan fingerprint density at radius 3 is 2.67 bits per heavy atom. The summed E-state index contributed by atoms with van der Waals surface area (Å²) in [6.45, 7) is 6.12. The number of phenolic OH excluding ortho intramolecular Hbond substituents is 1. The van der Waals surface area contributed by atoms with Gasteiger partial charge >= 0.3 is 6.01 Å². The maximum absolute atomic E-state index is 15.0. The minimum atomic E-state index is -0.339. The molecule has 7 rings (SSSR count). The van der Waals surface area contributed by atoms with Crippen LogP contribution in [0.4, 0.5) is 15.9 Å². The Morgan fingerprint density at radius 1 is 1.09 bits per heavy atom. The van der Waals surface area contributed by atoms with Crippen molar-refractivity contribution in [2.75, 3.05) is 49.2 Å². The number of aliphatic hydroxyl groups is 1. The van der Waals surface area contributed by atoms with Crippen molar-refractivity contribution in [2.24, 2.45) is 5.92 Å². The van der Waals surface area contributed by atoms with Crippen LogP contribution < -0.4 is 14.5 Å². The van der Waals surface area contributed by atoms with Gasteiger partial charge in [0.25, 0.3) is 5.91 Å². The SMILES string of the molecule is CCc1c(F)ccc2cc(O)cc(N3Cc4nc(OCC56CCCN5CCC6)nc(N5CCCCC(CO)C5)c4C3=O)c12. The molecule has 5 heterocycles. The second-order valence-electron chi connectivity index (χ2n) is 12.7. The van der Waals surface area contributed by atoms with Crippen molar-refractivity contribution in [3.63, 3.8) is 0 Å². The number of amides is 1. The molecule has 9 nitrogen and oxygen atoms in total. The number of halogens is 1. The number of aromatic nitrogens is 2. The van der Waals surface area contributed by atoms with Crippen molar-refractivity contribution in [2.45, 2.75) is 70.4 Å². The van der Waals surface area contributed by atoms with Crippen LogP contribution in [-0.2, 0) is 13.0 Å². The lowest BCUT2D eigenvalue weighted by Crippen LogP contribution is -2.43. The highest BCUT2D eigenvalue weighted by atomic mass is 19.1. The fourth-order valence-electron chi connectivity index (χ4n) is 7.92. The van der Waals surface area contributed by atoms with E-state index in [9.17, 15) is 19.4 Å². The maximum Gasteiger partial charge on any atom is 0.318 e. The largest absolute Gasteiger partial charge is 0.508 e. The molecule has 228 valence electrons. The molecule has 1 amide bonds. The number of fused-ring (bicyclic) bond motifs is 3. The van der Waals surface area contributed by atoms with Crippen molar-refractivity contribution < 1.29 is 24.1 Å². The van der Waals surface area contributed by atoms with E-state index in [4.69, 9.17) is 14.7 Å². The summed E-state index contributed by atoms with van der Waals surface area (Å²) in [5.41, 5.74) is 1.96. The van der Waals surface area contributed by atoms with Crippen molar-refractivity contribution in [1.82, 2.24) is 14.9 Å². The Bertz CT molecular complexity index is 1550. The minimum absolute atomic E-state index is 0.00508. The van der Waals surface area contributed by atoms with Crippen LogP contribution in [0.25, 0.3) is 10.8 Å². The summed E-state index contributed by atoms with van der Waals surface area (Å²) in [7, 11) is 0. The third-order valence-corrected chi connectivity index (χ3v) is 10.1. The van der Waals surface area contributed by atoms with Gasteiger partial charge in [0.2, 0.25) is 0 Å². The second kappa shape index (κ2) is 11.2. The number of rotatable bonds is 7. The number of aliphatic hydroxyl groups excluding tert-OH is 1. The van der Waals surface area contributed by atoms with Crippen LogP contribution in [0.5, 0.6) is 11.8 Å². The summed E-state index contributed by atoms with van der Waals surface area (Å²) in [6, 6.07) is 6.45. The summed E-state index contributed by atoms with van der Waals surface area (Å²) in [5, 5.41) is 22.0. The number of phenols is 1. The van der Waals surface area contributed by atoms with E-state index >= 15 is 0 Å². The zero-order chi connectivity index (χ0) is 29.7. The molecule has 3 saturated heterocycles. The molecule has 0 radical (unpaired) electrons. The molecular formula is C33H40FN5O4. The molecule has 1 aromatic heterocycles. The number of ether oxygens (including phenoxy) is 1. The third-order valence-electron chi connectivity index (χ3n) is 10.1. The first-order valence-corrected chi connectivity index (χ1v) is 15.8. The first-order chi connectivity index (χ1) is 20.9. The van der Waals surface area contributed by atoms with Gasteiger partial charge in [-0.1, -0.05) is 19.4 Å². The van der Waals surface area contributed by atoms with E-state index < -0.39 is 0 Å². The highest BCUT2D eigenvalue weighted by Crippen LogP contribution is 2.42. The third kappa shape index (κ3) is 4.88. The molecule has 4 aliphatic rings. The Hall–Kier alpha value is -3.50. The van der Waals surface area contributed by atoms with Crippen molar-refractivity contribution in [3.05, 3.63) is 46.9 Å². The van der Waals surface area contributed by atoms with E-state index in [1.807, 2.05) is 6.92 Å². The van der Waals surface area contributed by atoms with E-state index in [2.05, 4.69) is 9.80 Å². The molecule has 3 aromatic rings. The molecule has 4 aliphatic heterocycles. The Balaban J connectivity index is 1.30. The predicted molar refractivity (Wildman–Crippen MR) is 162 cm³/mol. The quantitative estimate of drug-likeness (QED) is 0.405. The summed E-state index contributed by atoms with van der Waals surface area (Å²) < 4.78 is 21.4. The van der Waals surface area contributed by atoms with Crippen LogP contribution in [0.1, 0.15) is 73.5 Å². The van der Waals surface area contributed by atoms with Gasteiger partial charge in [-0.05, 0) is 87.0 Å². The number of carbonyl (C=O) groups is 1. The van der Waals surface area contributed by atoms with E-state index in [-0.39, 0.29) is 48.1 Å². The first kappa shape index (κ1) is 28.3. The zero-order valence-electron chi connectivity index (χ0n) is 24.8. The molecule has 10 heteroatoms. The number of aromatic hydroxyl groups is 1. The molecule has 0 aliphatic carbocycles. The van der Waals surface area contributed by atoms with Crippen molar-refractivity contribution in [1.29, 1.82) is 0 Å². The number of hydrogen-bond acceptors (Lipinski definition) is 8. The van der Waals surface area contributed by atoms with Crippen LogP contribution in [0.15, 0.2) is 24.3 Å². The second-order valence-corrected chi connectivity index (χ2v) is 12.7. The number of anilines is 2. The molecule has 0 spiro atoms. The predicted octanol–water partition coefficient (Wildman–Crippen LogP) is 4.80. The zero-order valence-corrected chi connectivity index (χ0v) is 24.8. The number of aryl methyl sites for hydroxylation is 1. The normalized spacial score (nSPS) is 21.8. The Labute approximate surface area is 251 Å². The molecule has 1 unspecified atom stereocenters. The standard InChI is InChI=1S/C33H40FN5O4/c1-2-24-25(34)9-8-22-15-23(41)16-27(28(22)24)39-18-26-29(31(39)42)30(37-12-4-3-7-21(17-37)19-40)36-32(35-26)43-20-33-10-5-13-38(33)14-6-11-33/h8-9,15-16,21,40-41H,2-7,10-14,17-20H2,1H3. The summed E-state index contributed by atoms with van der Waals surface area (Å²) in [4.78, 5) is 30.2. The molecule has 0 bridgehead atoms. The fourth-order valence-corrected chi connectivity index (χ4v) is 7.92. The maximum atomic E-state index is 15.0. The highest BCUT2D eigenvalue weighted by molar-refractivity contribution is 6.16. The minimum Gasteiger partial charge on any atom is -0.508 e. The molecule has 43 heavy (non-hydrogen) atoms. The monoisotopic (exact) mass is 589 g/mol. The average molecular weight is 590 g/mol. The smallest absolute Gasteiger partial charge is 0.318 e. The Morgan fingerprint density at radius 2 is 1.91 bits per heavy atom. The fraction of sp³-hybridized carbons (Fsp3) is 0.545. The van der Waals surface area contributed by atoms with Gasteiger partial charge in [-0.3, -0.25) is 9.69 Å². The molecule has 0 saturated carbocycles. The molecular weight excluding hydrogens is 549 g/mol. The lowest BCUT2D eigenvalue weighted by molar-refractivity contribution is 0.0996. The summed E-state index contributed by atoms with van der Waals surface area (Å²) in [6.07, 6.45) is 7.81. The molecule has 1 atom stereocenters. The summed E-state index contributed by atoms with van der Waals surface area (Å²) >= 11 is 0. The van der Waals surface area contributed by atoms with Crippen LogP contribution in [0, 0.1) is 11.7 Å². The van der Waals surface area contributed by atoms with Gasteiger partial charge in [-0.25, -0.2) is 4.39 Å². The lowest BCUT2D eigenvalue weighted by Gasteiger charge is -2.31. The number of benzene rings is 2. The van der Waals surface area contributed by atoms with E-state index in [1.54, 1.807) is 17.0 Å². The van der Waals surface area contributed by atoms with Crippen LogP contribution in [0.3, 0.4) is 0 Å². The van der Waals surface area contributed by atoms with Gasteiger partial charge in [0.05, 0.1) is 23.5 Å². The number of hydrogen-bond donors (Lipinski definition) is 2. The first-order valence-electron chi connectivity index (χ1n) is 15.8. The van der Waals surface area contributed by atoms with Crippen molar-refractivity contribution >= 4 is 28.2 Å². The topological polar surface area (TPSA) is 102 Å². The van der Waals surface area contributed by atoms with Crippen LogP contribution in [0.2, 0.25) is 0 Å². The summed E-state index contributed by atoms with van der Waals surface area (Å²) in [5.74, 6) is 0.00144. The van der Waals surface area contributed by atoms with Gasteiger partial charge in [0.15, 0.2) is 0 Å². The van der Waals surface area contributed by atoms with Crippen LogP contribution >= 0.6 is 0 Å². The Kier molecular flexibility index (Phi) is 7.37. The lowest BCUT2D eigenvalue weighted by atomic mass is 9.95. The van der Waals surface area contributed by atoms with E-state index in [0.29, 0.717) is 65.2 Å². The van der Waals surface area contributed by atoms with Gasteiger partial charge in [-0.15, -0.1) is 0 Å². The number of carbonyl (C=O) groups excluding carboxylic acids is 1. The van der Waals surface area contributed by atoms with Crippen LogP contribution in [-0.4, -0.2) is 75.9 Å². The van der Waals surface area contributed by atoms with Crippen molar-refractivity contribution in [3.8, 4) is 11.8 Å². The molecule has 3 fully saturated rings.